The highest BCUT2D eigenvalue weighted by Gasteiger charge is 2.04. The summed E-state index contributed by atoms with van der Waals surface area (Å²) in [6.45, 7) is 4.63. The molecule has 88 valence electrons. The molecule has 0 aliphatic heterocycles. The van der Waals surface area contributed by atoms with Crippen LogP contribution in [0.5, 0.6) is 5.75 Å². The molecule has 3 heteroatoms. The highest BCUT2D eigenvalue weighted by Crippen LogP contribution is 2.28. The molecule has 0 spiro atoms. The maximum absolute atomic E-state index is 5.98. The van der Waals surface area contributed by atoms with Crippen molar-refractivity contribution in [2.45, 2.75) is 13.8 Å². The maximum atomic E-state index is 5.98. The molecule has 1 aromatic heterocycles. The molecular weight excluding hydrogens is 212 g/mol. The number of ether oxygens (including phenoxy) is 1. The van der Waals surface area contributed by atoms with E-state index in [0.717, 1.165) is 22.6 Å². The first-order chi connectivity index (χ1) is 8.20. The third-order valence-corrected chi connectivity index (χ3v) is 2.54. The van der Waals surface area contributed by atoms with Gasteiger partial charge in [-0.3, -0.25) is 4.98 Å². The number of nitrogen functional groups attached to an aromatic ring is 1. The molecule has 0 saturated carbocycles. The van der Waals surface area contributed by atoms with Gasteiger partial charge in [-0.25, -0.2) is 0 Å². The van der Waals surface area contributed by atoms with E-state index in [1.807, 2.05) is 32.0 Å². The molecule has 0 saturated heterocycles. The van der Waals surface area contributed by atoms with Gasteiger partial charge < -0.3 is 10.5 Å². The van der Waals surface area contributed by atoms with E-state index in [4.69, 9.17) is 10.5 Å². The minimum absolute atomic E-state index is 0.633. The number of anilines is 1. The number of pyridine rings is 1. The lowest BCUT2D eigenvalue weighted by Gasteiger charge is -2.08. The number of rotatable bonds is 3. The zero-order valence-corrected chi connectivity index (χ0v) is 10.1. The first-order valence-corrected chi connectivity index (χ1v) is 5.65. The zero-order valence-electron chi connectivity index (χ0n) is 10.1. The van der Waals surface area contributed by atoms with Crippen molar-refractivity contribution < 1.29 is 4.74 Å². The van der Waals surface area contributed by atoms with Crippen molar-refractivity contribution in [3.8, 4) is 16.9 Å². The third-order valence-electron chi connectivity index (χ3n) is 2.54. The molecule has 0 unspecified atom stereocenters. The topological polar surface area (TPSA) is 48.1 Å². The lowest BCUT2D eigenvalue weighted by Crippen LogP contribution is -1.94. The van der Waals surface area contributed by atoms with Crippen molar-refractivity contribution in [2.24, 2.45) is 0 Å². The van der Waals surface area contributed by atoms with Crippen molar-refractivity contribution in [1.29, 1.82) is 0 Å². The average Bonchev–Trinajstić information content (AvgIpc) is 2.33. The molecule has 1 heterocycles. The largest absolute Gasteiger partial charge is 0.492 e. The van der Waals surface area contributed by atoms with E-state index in [0.29, 0.717) is 6.61 Å². The molecule has 0 fully saturated rings. The Hall–Kier alpha value is -2.03. The predicted molar refractivity (Wildman–Crippen MR) is 70.0 cm³/mol. The third kappa shape index (κ3) is 2.56. The molecular formula is C14H16N2O. The summed E-state index contributed by atoms with van der Waals surface area (Å²) in [5, 5.41) is 0. The van der Waals surface area contributed by atoms with Crippen LogP contribution >= 0.6 is 0 Å². The van der Waals surface area contributed by atoms with E-state index < -0.39 is 0 Å². The lowest BCUT2D eigenvalue weighted by atomic mass is 10.0. The minimum atomic E-state index is 0.633. The second-order valence-electron chi connectivity index (χ2n) is 3.93. The number of aromatic nitrogens is 1. The van der Waals surface area contributed by atoms with Gasteiger partial charge in [-0.1, -0.05) is 11.6 Å². The Balaban J connectivity index is 2.45. The number of benzene rings is 1. The second kappa shape index (κ2) is 4.87. The zero-order chi connectivity index (χ0) is 12.3. The van der Waals surface area contributed by atoms with Crippen molar-refractivity contribution >= 4 is 5.69 Å². The van der Waals surface area contributed by atoms with Crippen LogP contribution in [0.4, 0.5) is 5.69 Å². The second-order valence-corrected chi connectivity index (χ2v) is 3.93. The van der Waals surface area contributed by atoms with E-state index in [2.05, 4.69) is 11.1 Å². The molecule has 2 rings (SSSR count). The molecule has 0 aliphatic rings. The SMILES string of the molecule is CCOc1cncc(-c2cc(C)ccc2N)c1. The quantitative estimate of drug-likeness (QED) is 0.821. The molecule has 2 N–H and O–H groups in total. The standard InChI is InChI=1S/C14H16N2O/c1-3-17-12-7-11(8-16-9-12)13-6-10(2)4-5-14(13)15/h4-9H,3,15H2,1-2H3. The van der Waals surface area contributed by atoms with Gasteiger partial charge in [0.2, 0.25) is 0 Å². The normalized spacial score (nSPS) is 10.2. The summed E-state index contributed by atoms with van der Waals surface area (Å²) in [7, 11) is 0. The van der Waals surface area contributed by atoms with Crippen LogP contribution in [0.15, 0.2) is 36.7 Å². The van der Waals surface area contributed by atoms with E-state index in [1.165, 1.54) is 5.56 Å². The van der Waals surface area contributed by atoms with Crippen LogP contribution < -0.4 is 10.5 Å². The van der Waals surface area contributed by atoms with Crippen molar-refractivity contribution in [3.05, 3.63) is 42.2 Å². The fraction of sp³-hybridized carbons (Fsp3) is 0.214. The van der Waals surface area contributed by atoms with Crippen LogP contribution in [0.25, 0.3) is 11.1 Å². The van der Waals surface area contributed by atoms with Gasteiger partial charge in [-0.2, -0.15) is 0 Å². The van der Waals surface area contributed by atoms with E-state index in [-0.39, 0.29) is 0 Å². The van der Waals surface area contributed by atoms with Gasteiger partial charge in [0.1, 0.15) is 5.75 Å². The summed E-state index contributed by atoms with van der Waals surface area (Å²) in [5.74, 6) is 0.769. The Morgan fingerprint density at radius 1 is 1.24 bits per heavy atom. The number of nitrogens with zero attached hydrogens (tertiary/aromatic N) is 1. The van der Waals surface area contributed by atoms with Crippen LogP contribution in [-0.4, -0.2) is 11.6 Å². The molecule has 17 heavy (non-hydrogen) atoms. The van der Waals surface area contributed by atoms with Crippen LogP contribution in [0.3, 0.4) is 0 Å². The van der Waals surface area contributed by atoms with Crippen LogP contribution in [0.2, 0.25) is 0 Å². The minimum Gasteiger partial charge on any atom is -0.492 e. The lowest BCUT2D eigenvalue weighted by molar-refractivity contribution is 0.339. The number of hydrogen-bond donors (Lipinski definition) is 1. The van der Waals surface area contributed by atoms with Gasteiger partial charge >= 0.3 is 0 Å². The van der Waals surface area contributed by atoms with E-state index in [9.17, 15) is 0 Å². The monoisotopic (exact) mass is 228 g/mol. The molecule has 0 aliphatic carbocycles. The first-order valence-electron chi connectivity index (χ1n) is 5.65. The Morgan fingerprint density at radius 3 is 2.82 bits per heavy atom. The van der Waals surface area contributed by atoms with E-state index >= 15 is 0 Å². The van der Waals surface area contributed by atoms with Crippen LogP contribution in [0, 0.1) is 6.92 Å². The molecule has 0 amide bonds. The summed E-state index contributed by atoms with van der Waals surface area (Å²) >= 11 is 0. The first kappa shape index (κ1) is 11.5. The summed E-state index contributed by atoms with van der Waals surface area (Å²) in [6.07, 6.45) is 3.51. The molecule has 0 radical (unpaired) electrons. The van der Waals surface area contributed by atoms with Crippen molar-refractivity contribution in [3.63, 3.8) is 0 Å². The molecule has 0 atom stereocenters. The number of hydrogen-bond acceptors (Lipinski definition) is 3. The smallest absolute Gasteiger partial charge is 0.138 e. The molecule has 0 bridgehead atoms. The highest BCUT2D eigenvalue weighted by molar-refractivity contribution is 5.76. The Labute approximate surface area is 101 Å². The Kier molecular flexibility index (Phi) is 3.28. The van der Waals surface area contributed by atoms with Gasteiger partial charge in [0.15, 0.2) is 0 Å². The Bertz CT molecular complexity index is 523. The molecule has 2 aromatic rings. The predicted octanol–water partition coefficient (Wildman–Crippen LogP) is 3.04. The van der Waals surface area contributed by atoms with Gasteiger partial charge in [0, 0.05) is 23.0 Å². The Morgan fingerprint density at radius 2 is 2.06 bits per heavy atom. The summed E-state index contributed by atoms with van der Waals surface area (Å²) in [4.78, 5) is 4.17. The van der Waals surface area contributed by atoms with Crippen molar-refractivity contribution in [2.75, 3.05) is 12.3 Å². The van der Waals surface area contributed by atoms with Gasteiger partial charge in [-0.15, -0.1) is 0 Å². The van der Waals surface area contributed by atoms with Crippen LogP contribution in [-0.2, 0) is 0 Å². The van der Waals surface area contributed by atoms with Gasteiger partial charge in [0.25, 0.3) is 0 Å². The number of aryl methyl sites for hydroxylation is 1. The van der Waals surface area contributed by atoms with Gasteiger partial charge in [0.05, 0.1) is 12.8 Å². The number of nitrogens with two attached hydrogens (primary N) is 1. The average molecular weight is 228 g/mol. The van der Waals surface area contributed by atoms with Crippen LogP contribution in [0.1, 0.15) is 12.5 Å². The summed E-state index contributed by atoms with van der Waals surface area (Å²) in [6, 6.07) is 7.93. The van der Waals surface area contributed by atoms with Crippen molar-refractivity contribution in [1.82, 2.24) is 4.98 Å². The molecule has 3 nitrogen and oxygen atoms in total. The summed E-state index contributed by atoms with van der Waals surface area (Å²) < 4.78 is 5.43. The fourth-order valence-electron chi connectivity index (χ4n) is 1.73. The maximum Gasteiger partial charge on any atom is 0.138 e. The summed E-state index contributed by atoms with van der Waals surface area (Å²) in [5.41, 5.74) is 9.89. The molecule has 1 aromatic carbocycles. The van der Waals surface area contributed by atoms with Gasteiger partial charge in [-0.05, 0) is 32.0 Å². The van der Waals surface area contributed by atoms with E-state index in [1.54, 1.807) is 12.4 Å². The fourth-order valence-corrected chi connectivity index (χ4v) is 1.73. The highest BCUT2D eigenvalue weighted by atomic mass is 16.5.